The minimum Gasteiger partial charge on any atom is -0.489 e. The van der Waals surface area contributed by atoms with E-state index in [0.29, 0.717) is 31.3 Å². The number of halogens is 1. The molecule has 1 aromatic carbocycles. The lowest BCUT2D eigenvalue weighted by Gasteiger charge is -2.32. The van der Waals surface area contributed by atoms with Crippen molar-refractivity contribution in [1.29, 1.82) is 0 Å². The molecule has 2 rings (SSSR count). The molecule has 1 atom stereocenters. The number of benzene rings is 1. The lowest BCUT2D eigenvalue weighted by atomic mass is 10.1. The quantitative estimate of drug-likeness (QED) is 0.528. The van der Waals surface area contributed by atoms with Gasteiger partial charge in [0, 0.05) is 31.7 Å². The number of hydrogen-bond acceptors (Lipinski definition) is 3. The maximum absolute atomic E-state index is 13.2. The normalized spacial score (nSPS) is 16.9. The smallest absolute Gasteiger partial charge is 0.314 e. The Balaban J connectivity index is 1.84. The number of amides is 2. The first-order chi connectivity index (χ1) is 12.5. The number of ether oxygens (including phenoxy) is 1. The lowest BCUT2D eigenvalue weighted by molar-refractivity contribution is 0.188. The molecule has 144 valence electrons. The van der Waals surface area contributed by atoms with Crippen LogP contribution in [0.3, 0.4) is 0 Å². The van der Waals surface area contributed by atoms with E-state index < -0.39 is 0 Å². The van der Waals surface area contributed by atoms with Gasteiger partial charge in [0.15, 0.2) is 5.96 Å². The molecule has 1 aliphatic heterocycles. The van der Waals surface area contributed by atoms with Gasteiger partial charge in [-0.05, 0) is 38.8 Å². The Bertz CT molecular complexity index is 617. The Hall–Kier alpha value is -2.51. The molecule has 1 heterocycles. The molecular weight excluding hydrogens is 337 g/mol. The number of carbonyl (C=O) groups is 1. The van der Waals surface area contributed by atoms with Crippen LogP contribution in [-0.2, 0) is 0 Å². The van der Waals surface area contributed by atoms with Gasteiger partial charge in [-0.3, -0.25) is 0 Å². The number of nitrogens with two attached hydrogens (primary N) is 1. The fraction of sp³-hybridized carbons (Fsp3) is 0.556. The summed E-state index contributed by atoms with van der Waals surface area (Å²) < 4.78 is 18.9. The summed E-state index contributed by atoms with van der Waals surface area (Å²) in [6.07, 6.45) is 1.45. The lowest BCUT2D eigenvalue weighted by Crippen LogP contribution is -2.50. The summed E-state index contributed by atoms with van der Waals surface area (Å²) in [4.78, 5) is 17.4. The first kappa shape index (κ1) is 19.8. The van der Waals surface area contributed by atoms with Gasteiger partial charge in [0.05, 0.1) is 6.54 Å². The predicted octanol–water partition coefficient (Wildman–Crippen LogP) is 1.69. The fourth-order valence-corrected chi connectivity index (χ4v) is 2.79. The molecule has 1 saturated heterocycles. The van der Waals surface area contributed by atoms with Gasteiger partial charge < -0.3 is 26.0 Å². The topological polar surface area (TPSA) is 92.0 Å². The van der Waals surface area contributed by atoms with Gasteiger partial charge in [-0.25, -0.2) is 14.2 Å². The number of primary amides is 1. The van der Waals surface area contributed by atoms with E-state index in [-0.39, 0.29) is 24.0 Å². The average Bonchev–Trinajstić information content (AvgIpc) is 2.60. The van der Waals surface area contributed by atoms with E-state index >= 15 is 0 Å². The molecule has 4 N–H and O–H groups in total. The van der Waals surface area contributed by atoms with Crippen molar-refractivity contribution in [3.8, 4) is 5.75 Å². The molecule has 1 fully saturated rings. The van der Waals surface area contributed by atoms with Gasteiger partial charge in [0.2, 0.25) is 0 Å². The van der Waals surface area contributed by atoms with Gasteiger partial charge in [0.1, 0.15) is 17.7 Å². The van der Waals surface area contributed by atoms with E-state index in [1.54, 1.807) is 17.0 Å². The average molecular weight is 365 g/mol. The van der Waals surface area contributed by atoms with Crippen LogP contribution in [0.5, 0.6) is 5.75 Å². The van der Waals surface area contributed by atoms with E-state index in [4.69, 9.17) is 10.5 Å². The van der Waals surface area contributed by atoms with Crippen LogP contribution in [0.4, 0.5) is 9.18 Å². The summed E-state index contributed by atoms with van der Waals surface area (Å²) in [6, 6.07) is 5.95. The van der Waals surface area contributed by atoms with Crippen LogP contribution in [0.1, 0.15) is 26.7 Å². The zero-order valence-corrected chi connectivity index (χ0v) is 15.4. The van der Waals surface area contributed by atoms with E-state index in [2.05, 4.69) is 15.6 Å². The zero-order valence-electron chi connectivity index (χ0n) is 15.4. The Morgan fingerprint density at radius 3 is 2.81 bits per heavy atom. The molecule has 0 radical (unpaired) electrons. The van der Waals surface area contributed by atoms with Gasteiger partial charge in [-0.1, -0.05) is 6.07 Å². The molecule has 26 heavy (non-hydrogen) atoms. The molecule has 1 aromatic rings. The van der Waals surface area contributed by atoms with Crippen molar-refractivity contribution in [2.75, 3.05) is 26.2 Å². The number of carbonyl (C=O) groups excluding carboxylic acids is 1. The van der Waals surface area contributed by atoms with Crippen LogP contribution >= 0.6 is 0 Å². The molecule has 0 aliphatic carbocycles. The number of guanidine groups is 1. The van der Waals surface area contributed by atoms with Crippen molar-refractivity contribution < 1.29 is 13.9 Å². The van der Waals surface area contributed by atoms with E-state index in [9.17, 15) is 9.18 Å². The van der Waals surface area contributed by atoms with Crippen LogP contribution in [-0.4, -0.2) is 55.2 Å². The number of rotatable bonds is 6. The second kappa shape index (κ2) is 9.84. The molecule has 8 heteroatoms. The standard InChI is InChI=1S/C18H28FN5O2/c1-3-21-18(23-15-7-9-24(10-8-15)17(20)25)22-12-13(2)26-16-6-4-5-14(19)11-16/h4-6,11,13,15H,3,7-10,12H2,1-2H3,(H2,20,25)(H2,21,22,23). The van der Waals surface area contributed by atoms with Crippen LogP contribution in [0.25, 0.3) is 0 Å². The second-order valence-corrected chi connectivity index (χ2v) is 6.35. The Morgan fingerprint density at radius 2 is 2.19 bits per heavy atom. The molecule has 1 unspecified atom stereocenters. The summed E-state index contributed by atoms with van der Waals surface area (Å²) >= 11 is 0. The molecule has 0 aromatic heterocycles. The minimum absolute atomic E-state index is 0.191. The first-order valence-corrected chi connectivity index (χ1v) is 8.99. The monoisotopic (exact) mass is 365 g/mol. The molecule has 0 bridgehead atoms. The fourth-order valence-electron chi connectivity index (χ4n) is 2.79. The van der Waals surface area contributed by atoms with Crippen LogP contribution < -0.4 is 21.1 Å². The summed E-state index contributed by atoms with van der Waals surface area (Å²) in [7, 11) is 0. The molecule has 0 spiro atoms. The molecular formula is C18H28FN5O2. The maximum atomic E-state index is 13.2. The molecule has 0 saturated carbocycles. The largest absolute Gasteiger partial charge is 0.489 e. The Kier molecular flexibility index (Phi) is 7.50. The third-order valence-electron chi connectivity index (χ3n) is 4.13. The third kappa shape index (κ3) is 6.42. The zero-order chi connectivity index (χ0) is 18.9. The number of aliphatic imine (C=N–C) groups is 1. The number of urea groups is 1. The van der Waals surface area contributed by atoms with Gasteiger partial charge >= 0.3 is 6.03 Å². The third-order valence-corrected chi connectivity index (χ3v) is 4.13. The van der Waals surface area contributed by atoms with Crippen LogP contribution in [0.15, 0.2) is 29.3 Å². The van der Waals surface area contributed by atoms with Gasteiger partial charge in [-0.15, -0.1) is 0 Å². The predicted molar refractivity (Wildman–Crippen MR) is 99.8 cm³/mol. The molecule has 2 amide bonds. The highest BCUT2D eigenvalue weighted by Crippen LogP contribution is 2.14. The van der Waals surface area contributed by atoms with Crippen molar-refractivity contribution in [2.24, 2.45) is 10.7 Å². The second-order valence-electron chi connectivity index (χ2n) is 6.35. The Labute approximate surface area is 153 Å². The van der Waals surface area contributed by atoms with Crippen molar-refractivity contribution >= 4 is 12.0 Å². The number of likely N-dealkylation sites (tertiary alicyclic amines) is 1. The van der Waals surface area contributed by atoms with Crippen molar-refractivity contribution in [3.63, 3.8) is 0 Å². The SMILES string of the molecule is CCNC(=NCC(C)Oc1cccc(F)c1)NC1CCN(C(N)=O)CC1. The molecule has 7 nitrogen and oxygen atoms in total. The summed E-state index contributed by atoms with van der Waals surface area (Å²) in [6.45, 7) is 6.36. The first-order valence-electron chi connectivity index (χ1n) is 8.99. The summed E-state index contributed by atoms with van der Waals surface area (Å²) in [5.41, 5.74) is 5.31. The van der Waals surface area contributed by atoms with E-state index in [0.717, 1.165) is 19.4 Å². The number of piperidine rings is 1. The summed E-state index contributed by atoms with van der Waals surface area (Å²) in [5, 5.41) is 6.60. The number of hydrogen-bond donors (Lipinski definition) is 3. The van der Waals surface area contributed by atoms with Gasteiger partial charge in [-0.2, -0.15) is 0 Å². The van der Waals surface area contributed by atoms with Gasteiger partial charge in [0.25, 0.3) is 0 Å². The highest BCUT2D eigenvalue weighted by atomic mass is 19.1. The van der Waals surface area contributed by atoms with Crippen LogP contribution in [0, 0.1) is 5.82 Å². The van der Waals surface area contributed by atoms with Crippen LogP contribution in [0.2, 0.25) is 0 Å². The van der Waals surface area contributed by atoms with Crippen molar-refractivity contribution in [3.05, 3.63) is 30.1 Å². The van der Waals surface area contributed by atoms with E-state index in [1.165, 1.54) is 12.1 Å². The number of nitrogens with one attached hydrogen (secondary N) is 2. The molecule has 1 aliphatic rings. The number of nitrogens with zero attached hydrogens (tertiary/aromatic N) is 2. The summed E-state index contributed by atoms with van der Waals surface area (Å²) in [5.74, 6) is 0.875. The highest BCUT2D eigenvalue weighted by molar-refractivity contribution is 5.80. The Morgan fingerprint density at radius 1 is 1.46 bits per heavy atom. The van der Waals surface area contributed by atoms with E-state index in [1.807, 2.05) is 13.8 Å². The highest BCUT2D eigenvalue weighted by Gasteiger charge is 2.21. The van der Waals surface area contributed by atoms with Crippen molar-refractivity contribution in [2.45, 2.75) is 38.8 Å². The minimum atomic E-state index is -0.368. The van der Waals surface area contributed by atoms with Crippen molar-refractivity contribution in [1.82, 2.24) is 15.5 Å². The maximum Gasteiger partial charge on any atom is 0.314 e.